The van der Waals surface area contributed by atoms with Crippen LogP contribution in [0.25, 0.3) is 0 Å². The molecule has 0 aromatic heterocycles. The van der Waals surface area contributed by atoms with Crippen LogP contribution in [0.1, 0.15) is 33.6 Å². The van der Waals surface area contributed by atoms with Crippen molar-refractivity contribution in [2.45, 2.75) is 33.6 Å². The lowest BCUT2D eigenvalue weighted by Crippen LogP contribution is -2.22. The van der Waals surface area contributed by atoms with Crippen LogP contribution in [0.5, 0.6) is 0 Å². The smallest absolute Gasteiger partial charge is 0.218 e. The fourth-order valence-corrected chi connectivity index (χ4v) is 1.20. The van der Waals surface area contributed by atoms with E-state index < -0.39 is 5.91 Å². The molecular formula is C9H17NO2. The highest BCUT2D eigenvalue weighted by Gasteiger charge is 2.17. The average molecular weight is 171 g/mol. The van der Waals surface area contributed by atoms with E-state index in [9.17, 15) is 9.59 Å². The molecule has 0 fully saturated rings. The molecule has 0 radical (unpaired) electrons. The van der Waals surface area contributed by atoms with E-state index in [-0.39, 0.29) is 18.1 Å². The molecule has 0 aliphatic rings. The predicted molar refractivity (Wildman–Crippen MR) is 47.4 cm³/mol. The standard InChI is InChI=1S/C9H17NO2/c1-6(2)4-8(7(3)11)5-9(10)12/h6,8H,4-5H2,1-3H3,(H2,10,12). The number of hydrogen-bond donors (Lipinski definition) is 1. The summed E-state index contributed by atoms with van der Waals surface area (Å²) >= 11 is 0. The minimum absolute atomic E-state index is 0.0579. The van der Waals surface area contributed by atoms with E-state index in [0.717, 1.165) is 6.42 Å². The van der Waals surface area contributed by atoms with Gasteiger partial charge in [0, 0.05) is 12.3 Å². The Morgan fingerprint density at radius 1 is 1.33 bits per heavy atom. The first-order valence-corrected chi connectivity index (χ1v) is 4.22. The Morgan fingerprint density at radius 2 is 1.83 bits per heavy atom. The molecule has 12 heavy (non-hydrogen) atoms. The van der Waals surface area contributed by atoms with Gasteiger partial charge in [-0.3, -0.25) is 9.59 Å². The van der Waals surface area contributed by atoms with E-state index in [4.69, 9.17) is 5.73 Å². The molecule has 0 heterocycles. The van der Waals surface area contributed by atoms with Crippen LogP contribution in [0.2, 0.25) is 0 Å². The Morgan fingerprint density at radius 3 is 2.08 bits per heavy atom. The maximum atomic E-state index is 11.0. The molecule has 1 unspecified atom stereocenters. The highest BCUT2D eigenvalue weighted by Crippen LogP contribution is 2.15. The number of hydrogen-bond acceptors (Lipinski definition) is 2. The van der Waals surface area contributed by atoms with Gasteiger partial charge < -0.3 is 5.73 Å². The summed E-state index contributed by atoms with van der Waals surface area (Å²) < 4.78 is 0. The molecule has 0 spiro atoms. The van der Waals surface area contributed by atoms with Crippen molar-refractivity contribution < 1.29 is 9.59 Å². The van der Waals surface area contributed by atoms with Gasteiger partial charge in [0.1, 0.15) is 5.78 Å². The van der Waals surface area contributed by atoms with E-state index in [2.05, 4.69) is 0 Å². The fraction of sp³-hybridized carbons (Fsp3) is 0.778. The van der Waals surface area contributed by atoms with Crippen LogP contribution in [-0.2, 0) is 9.59 Å². The highest BCUT2D eigenvalue weighted by atomic mass is 16.1. The number of carbonyl (C=O) groups is 2. The Kier molecular flexibility index (Phi) is 4.55. The van der Waals surface area contributed by atoms with Crippen molar-refractivity contribution in [2.24, 2.45) is 17.6 Å². The SMILES string of the molecule is CC(=O)C(CC(N)=O)CC(C)C. The third kappa shape index (κ3) is 4.88. The summed E-state index contributed by atoms with van der Waals surface area (Å²) in [5, 5.41) is 0. The predicted octanol–water partition coefficient (Wildman–Crippen LogP) is 1.11. The lowest BCUT2D eigenvalue weighted by molar-refractivity contribution is -0.126. The first-order chi connectivity index (χ1) is 5.43. The van der Waals surface area contributed by atoms with Gasteiger partial charge in [0.25, 0.3) is 0 Å². The molecule has 1 amide bonds. The van der Waals surface area contributed by atoms with Gasteiger partial charge in [-0.2, -0.15) is 0 Å². The lowest BCUT2D eigenvalue weighted by Gasteiger charge is -2.13. The molecule has 0 aliphatic heterocycles. The van der Waals surface area contributed by atoms with E-state index >= 15 is 0 Å². The Balaban J connectivity index is 4.04. The van der Waals surface area contributed by atoms with Crippen molar-refractivity contribution in [3.05, 3.63) is 0 Å². The highest BCUT2D eigenvalue weighted by molar-refractivity contribution is 5.84. The van der Waals surface area contributed by atoms with Crippen molar-refractivity contribution in [1.29, 1.82) is 0 Å². The van der Waals surface area contributed by atoms with Gasteiger partial charge in [0.05, 0.1) is 0 Å². The number of rotatable bonds is 5. The zero-order valence-corrected chi connectivity index (χ0v) is 7.96. The summed E-state index contributed by atoms with van der Waals surface area (Å²) in [6.07, 6.45) is 0.936. The molecule has 3 heteroatoms. The Labute approximate surface area is 73.3 Å². The number of primary amides is 1. The summed E-state index contributed by atoms with van der Waals surface area (Å²) in [7, 11) is 0. The van der Waals surface area contributed by atoms with E-state index in [1.54, 1.807) is 0 Å². The molecule has 0 saturated carbocycles. The molecule has 0 aromatic rings. The van der Waals surface area contributed by atoms with Crippen LogP contribution < -0.4 is 5.73 Å². The molecule has 0 aromatic carbocycles. The number of nitrogens with two attached hydrogens (primary N) is 1. The maximum absolute atomic E-state index is 11.0. The molecule has 1 atom stereocenters. The maximum Gasteiger partial charge on any atom is 0.218 e. The van der Waals surface area contributed by atoms with E-state index in [1.807, 2.05) is 13.8 Å². The van der Waals surface area contributed by atoms with Gasteiger partial charge >= 0.3 is 0 Å². The first kappa shape index (κ1) is 11.1. The van der Waals surface area contributed by atoms with Crippen LogP contribution in [-0.4, -0.2) is 11.7 Å². The van der Waals surface area contributed by atoms with Gasteiger partial charge in [-0.05, 0) is 19.3 Å². The fourth-order valence-electron chi connectivity index (χ4n) is 1.20. The molecule has 3 nitrogen and oxygen atoms in total. The molecule has 0 rings (SSSR count). The van der Waals surface area contributed by atoms with Crippen LogP contribution in [0.15, 0.2) is 0 Å². The van der Waals surface area contributed by atoms with Crippen LogP contribution in [0.4, 0.5) is 0 Å². The van der Waals surface area contributed by atoms with Crippen molar-refractivity contribution in [1.82, 2.24) is 0 Å². The largest absolute Gasteiger partial charge is 0.370 e. The minimum Gasteiger partial charge on any atom is -0.370 e. The number of Topliss-reactive ketones (excluding diaryl/α,β-unsaturated/α-hetero) is 1. The van der Waals surface area contributed by atoms with Gasteiger partial charge in [-0.15, -0.1) is 0 Å². The van der Waals surface area contributed by atoms with Crippen molar-refractivity contribution in [3.63, 3.8) is 0 Å². The van der Waals surface area contributed by atoms with Gasteiger partial charge in [0.15, 0.2) is 0 Å². The van der Waals surface area contributed by atoms with E-state index in [1.165, 1.54) is 6.92 Å². The second-order valence-corrected chi connectivity index (χ2v) is 3.61. The lowest BCUT2D eigenvalue weighted by atomic mass is 9.91. The number of carbonyl (C=O) groups excluding carboxylic acids is 2. The van der Waals surface area contributed by atoms with Crippen LogP contribution >= 0.6 is 0 Å². The topological polar surface area (TPSA) is 60.2 Å². The summed E-state index contributed by atoms with van der Waals surface area (Å²) in [4.78, 5) is 21.6. The van der Waals surface area contributed by atoms with Crippen molar-refractivity contribution >= 4 is 11.7 Å². The van der Waals surface area contributed by atoms with Gasteiger partial charge in [0.2, 0.25) is 5.91 Å². The number of ketones is 1. The molecule has 0 aliphatic carbocycles. The third-order valence-corrected chi connectivity index (χ3v) is 1.78. The van der Waals surface area contributed by atoms with Gasteiger partial charge in [-0.25, -0.2) is 0 Å². The first-order valence-electron chi connectivity index (χ1n) is 4.22. The second kappa shape index (κ2) is 4.91. The van der Waals surface area contributed by atoms with Crippen molar-refractivity contribution in [2.75, 3.05) is 0 Å². The second-order valence-electron chi connectivity index (χ2n) is 3.61. The zero-order chi connectivity index (χ0) is 9.72. The van der Waals surface area contributed by atoms with Gasteiger partial charge in [-0.1, -0.05) is 13.8 Å². The molecule has 2 N–H and O–H groups in total. The van der Waals surface area contributed by atoms with Crippen molar-refractivity contribution in [3.8, 4) is 0 Å². The van der Waals surface area contributed by atoms with Crippen LogP contribution in [0.3, 0.4) is 0 Å². The monoisotopic (exact) mass is 171 g/mol. The van der Waals surface area contributed by atoms with E-state index in [0.29, 0.717) is 5.92 Å². The molecular weight excluding hydrogens is 154 g/mol. The Bertz CT molecular complexity index is 175. The van der Waals surface area contributed by atoms with Crippen LogP contribution in [0, 0.1) is 11.8 Å². The number of amides is 1. The minimum atomic E-state index is -0.393. The molecule has 0 saturated heterocycles. The summed E-state index contributed by atoms with van der Waals surface area (Å²) in [6, 6.07) is 0. The summed E-state index contributed by atoms with van der Waals surface area (Å²) in [5.41, 5.74) is 5.02. The zero-order valence-electron chi connectivity index (χ0n) is 7.96. The quantitative estimate of drug-likeness (QED) is 0.673. The summed E-state index contributed by atoms with van der Waals surface area (Å²) in [6.45, 7) is 5.56. The molecule has 70 valence electrons. The normalized spacial score (nSPS) is 13.0. The molecule has 0 bridgehead atoms. The Hall–Kier alpha value is -0.860. The summed E-state index contributed by atoms with van der Waals surface area (Å²) in [5.74, 6) is -0.0842. The average Bonchev–Trinajstić information content (AvgIpc) is 1.83. The third-order valence-electron chi connectivity index (χ3n) is 1.78.